The second-order valence-corrected chi connectivity index (χ2v) is 18.6. The number of carbonyl (C=O) groups is 4. The van der Waals surface area contributed by atoms with Gasteiger partial charge in [-0.1, -0.05) is 110 Å². The lowest BCUT2D eigenvalue weighted by Crippen LogP contribution is -2.63. The number of fused-ring (bicyclic) bond motifs is 1. The zero-order valence-electron chi connectivity index (χ0n) is 34.2. The van der Waals surface area contributed by atoms with E-state index in [4.69, 9.17) is 14.2 Å². The summed E-state index contributed by atoms with van der Waals surface area (Å²) in [6, 6.07) is 15.9. The molecule has 3 fully saturated rings. The molecule has 2 N–H and O–H groups in total. The van der Waals surface area contributed by atoms with Crippen molar-refractivity contribution < 1.29 is 38.5 Å². The molecule has 1 unspecified atom stereocenters. The van der Waals surface area contributed by atoms with Crippen molar-refractivity contribution >= 4 is 39.6 Å². The quantitative estimate of drug-likeness (QED) is 0.101. The smallest absolute Gasteiger partial charge is 0.313 e. The number of aliphatic hydroxyl groups excluding tert-OH is 1. The molecule has 0 radical (unpaired) electrons. The first kappa shape index (κ1) is 44.3. The first-order chi connectivity index (χ1) is 27.0. The number of alkyl halides is 1. The molecule has 0 saturated carbocycles. The molecule has 0 aliphatic carbocycles. The van der Waals surface area contributed by atoms with Crippen LogP contribution in [-0.2, 0) is 39.8 Å². The highest BCUT2D eigenvalue weighted by Gasteiger charge is 2.78. The monoisotopic (exact) mass is 849 g/mol. The molecule has 5 rings (SSSR count). The number of ether oxygens (including phenoxy) is 3. The normalized spacial score (nSPS) is 25.6. The number of nitrogens with one attached hydrogen (secondary N) is 1. The van der Waals surface area contributed by atoms with Crippen molar-refractivity contribution in [3.05, 3.63) is 97.1 Å². The van der Waals surface area contributed by atoms with Crippen molar-refractivity contribution in [3.8, 4) is 0 Å². The summed E-state index contributed by atoms with van der Waals surface area (Å²) in [7, 11) is 1.50. The minimum absolute atomic E-state index is 0.0378. The van der Waals surface area contributed by atoms with E-state index in [1.807, 2.05) is 74.5 Å². The number of halogens is 1. The Morgan fingerprint density at radius 1 is 1.07 bits per heavy atom. The molecule has 57 heavy (non-hydrogen) atoms. The standard InChI is InChI=1S/C45H60BrN3O8/c1-9-11-22-34(51)47-33(27-55-8)37(30-20-16-13-17-21-30)56-42(54)35-36-40(52)49(31(26-50)24-29-18-14-12-15-19-29)39(45(36)25-32(46)38(35)57-45)41(53)48(23-10-2)44(6,7)28-43(3,4)5/h9-10,12-21,31-33,35-39,50H,1-2,11,22-28H2,3-8H3,(H,47,51)/t31-,32?,33+,35-,36+,37+,38-,39-,45+/m1/s1. The van der Waals surface area contributed by atoms with E-state index < -0.39 is 76.6 Å². The van der Waals surface area contributed by atoms with Gasteiger partial charge < -0.3 is 34.4 Å². The predicted octanol–water partition coefficient (Wildman–Crippen LogP) is 5.95. The molecule has 1 spiro atoms. The summed E-state index contributed by atoms with van der Waals surface area (Å²) in [6.45, 7) is 17.9. The number of rotatable bonds is 19. The number of likely N-dealkylation sites (tertiary alicyclic amines) is 1. The largest absolute Gasteiger partial charge is 0.455 e. The molecule has 3 aliphatic heterocycles. The fourth-order valence-corrected chi connectivity index (χ4v) is 10.5. The maximum Gasteiger partial charge on any atom is 0.313 e. The van der Waals surface area contributed by atoms with E-state index in [0.29, 0.717) is 18.4 Å². The first-order valence-electron chi connectivity index (χ1n) is 19.9. The number of esters is 1. The van der Waals surface area contributed by atoms with Gasteiger partial charge in [-0.2, -0.15) is 0 Å². The third kappa shape index (κ3) is 9.40. The summed E-state index contributed by atoms with van der Waals surface area (Å²) in [5.74, 6) is -3.90. The minimum Gasteiger partial charge on any atom is -0.455 e. The van der Waals surface area contributed by atoms with Gasteiger partial charge in [-0.05, 0) is 56.1 Å². The summed E-state index contributed by atoms with van der Waals surface area (Å²) in [4.78, 5) is 61.4. The van der Waals surface area contributed by atoms with Crippen molar-refractivity contribution in [1.29, 1.82) is 0 Å². The second-order valence-electron chi connectivity index (χ2n) is 17.4. The Bertz CT molecular complexity index is 1750. The van der Waals surface area contributed by atoms with Crippen LogP contribution in [0.25, 0.3) is 0 Å². The molecule has 0 aromatic heterocycles. The van der Waals surface area contributed by atoms with Crippen LogP contribution in [0.4, 0.5) is 0 Å². The molecule has 12 heteroatoms. The van der Waals surface area contributed by atoms with E-state index in [1.54, 1.807) is 17.1 Å². The summed E-state index contributed by atoms with van der Waals surface area (Å²) >= 11 is 3.79. The van der Waals surface area contributed by atoms with E-state index >= 15 is 9.59 Å². The third-order valence-electron chi connectivity index (χ3n) is 11.4. The van der Waals surface area contributed by atoms with Gasteiger partial charge in [-0.15, -0.1) is 13.2 Å². The van der Waals surface area contributed by atoms with Gasteiger partial charge in [0, 0.05) is 30.4 Å². The van der Waals surface area contributed by atoms with Crippen LogP contribution in [0, 0.1) is 17.3 Å². The van der Waals surface area contributed by atoms with E-state index in [0.717, 1.165) is 5.56 Å². The maximum atomic E-state index is 15.4. The molecule has 11 nitrogen and oxygen atoms in total. The molecule has 9 atom stereocenters. The van der Waals surface area contributed by atoms with Gasteiger partial charge in [0.1, 0.15) is 17.7 Å². The van der Waals surface area contributed by atoms with Crippen molar-refractivity contribution in [2.24, 2.45) is 17.3 Å². The third-order valence-corrected chi connectivity index (χ3v) is 12.3. The van der Waals surface area contributed by atoms with Crippen LogP contribution in [0.5, 0.6) is 0 Å². The molecule has 3 heterocycles. The van der Waals surface area contributed by atoms with Crippen LogP contribution in [0.3, 0.4) is 0 Å². The van der Waals surface area contributed by atoms with Crippen LogP contribution in [0.15, 0.2) is 86.0 Å². The first-order valence-corrected chi connectivity index (χ1v) is 20.8. The van der Waals surface area contributed by atoms with Crippen LogP contribution in [-0.4, -0.2) is 106 Å². The summed E-state index contributed by atoms with van der Waals surface area (Å²) in [5.41, 5.74) is -0.715. The average Bonchev–Trinajstić information content (AvgIpc) is 3.76. The molecule has 3 aliphatic rings. The Kier molecular flexibility index (Phi) is 14.3. The van der Waals surface area contributed by atoms with Crippen LogP contribution >= 0.6 is 15.9 Å². The lowest BCUT2D eigenvalue weighted by molar-refractivity contribution is -0.163. The fraction of sp³-hybridized carbons (Fsp3) is 0.556. The number of allylic oxidation sites excluding steroid dienone is 1. The topological polar surface area (TPSA) is 135 Å². The highest BCUT2D eigenvalue weighted by molar-refractivity contribution is 9.09. The Morgan fingerprint density at radius 2 is 1.72 bits per heavy atom. The molecule has 2 aromatic rings. The SMILES string of the molecule is C=CCCC(=O)N[C@@H](COC)[C@@H](OC(=O)[C@H]1[C@@H]2O[C@@]3(CC2Br)[C@@H]1C(=O)N([C@@H](CO)Cc1ccccc1)[C@@H]3C(=O)N(CC=C)C(C)(C)CC(C)(C)C)c1ccccc1. The molecule has 2 aromatic carbocycles. The number of nitrogens with zero attached hydrogens (tertiary/aromatic N) is 2. The van der Waals surface area contributed by atoms with E-state index in [-0.39, 0.29) is 49.6 Å². The van der Waals surface area contributed by atoms with Gasteiger partial charge in [0.15, 0.2) is 0 Å². The van der Waals surface area contributed by atoms with Crippen molar-refractivity contribution in [2.45, 2.75) is 113 Å². The number of aliphatic hydroxyl groups is 1. The van der Waals surface area contributed by atoms with Crippen LogP contribution < -0.4 is 5.32 Å². The number of amides is 3. The van der Waals surface area contributed by atoms with Gasteiger partial charge in [0.05, 0.1) is 43.2 Å². The van der Waals surface area contributed by atoms with Crippen molar-refractivity contribution in [2.75, 3.05) is 26.9 Å². The molecule has 3 amide bonds. The number of hydrogen-bond donors (Lipinski definition) is 2. The van der Waals surface area contributed by atoms with Crippen molar-refractivity contribution in [1.82, 2.24) is 15.1 Å². The van der Waals surface area contributed by atoms with Gasteiger partial charge in [0.2, 0.25) is 17.7 Å². The van der Waals surface area contributed by atoms with E-state index in [1.165, 1.54) is 12.0 Å². The summed E-state index contributed by atoms with van der Waals surface area (Å²) < 4.78 is 18.8. The van der Waals surface area contributed by atoms with Crippen LogP contribution in [0.1, 0.15) is 77.5 Å². The number of benzene rings is 2. The molecular weight excluding hydrogens is 790 g/mol. The van der Waals surface area contributed by atoms with Gasteiger partial charge in [-0.3, -0.25) is 19.2 Å². The lowest BCUT2D eigenvalue weighted by Gasteiger charge is -2.46. The van der Waals surface area contributed by atoms with Gasteiger partial charge in [0.25, 0.3) is 0 Å². The van der Waals surface area contributed by atoms with Crippen LogP contribution in [0.2, 0.25) is 0 Å². The minimum atomic E-state index is -1.41. The number of hydrogen-bond acceptors (Lipinski definition) is 8. The Balaban J connectivity index is 1.59. The Labute approximate surface area is 346 Å². The maximum absolute atomic E-state index is 15.4. The summed E-state index contributed by atoms with van der Waals surface area (Å²) in [6.07, 6.45) is 3.43. The van der Waals surface area contributed by atoms with Gasteiger partial charge in [-0.25, -0.2) is 0 Å². The molecule has 2 bridgehead atoms. The number of methoxy groups -OCH3 is 1. The molecule has 3 saturated heterocycles. The average molecular weight is 851 g/mol. The highest BCUT2D eigenvalue weighted by Crippen LogP contribution is 2.61. The van der Waals surface area contributed by atoms with E-state index in [2.05, 4.69) is 55.2 Å². The highest BCUT2D eigenvalue weighted by atomic mass is 79.9. The van der Waals surface area contributed by atoms with Crippen molar-refractivity contribution in [3.63, 3.8) is 0 Å². The zero-order valence-corrected chi connectivity index (χ0v) is 35.8. The van der Waals surface area contributed by atoms with Gasteiger partial charge >= 0.3 is 5.97 Å². The zero-order chi connectivity index (χ0) is 41.7. The predicted molar refractivity (Wildman–Crippen MR) is 222 cm³/mol. The molecule has 310 valence electrons. The second kappa shape index (κ2) is 18.4. The lowest BCUT2D eigenvalue weighted by atomic mass is 9.70. The number of carbonyl (C=O) groups excluding carboxylic acids is 4. The Morgan fingerprint density at radius 3 is 2.30 bits per heavy atom. The molecular formula is C45H60BrN3O8. The fourth-order valence-electron chi connectivity index (χ4n) is 9.58. The Hall–Kier alpha value is -3.84. The van der Waals surface area contributed by atoms with E-state index in [9.17, 15) is 14.7 Å². The summed E-state index contributed by atoms with van der Waals surface area (Å²) in [5, 5.41) is 14.0.